The summed E-state index contributed by atoms with van der Waals surface area (Å²) in [5.74, 6) is 0.904. The number of ether oxygens (including phenoxy) is 1. The van der Waals surface area contributed by atoms with Crippen LogP contribution in [0.2, 0.25) is 0 Å². The van der Waals surface area contributed by atoms with Crippen molar-refractivity contribution in [2.75, 3.05) is 44.2 Å². The van der Waals surface area contributed by atoms with E-state index in [0.717, 1.165) is 67.7 Å². The molecule has 8 nitrogen and oxygen atoms in total. The fourth-order valence-corrected chi connectivity index (χ4v) is 6.28. The number of nitrogens with one attached hydrogen (secondary N) is 1. The molecule has 2 amide bonds. The van der Waals surface area contributed by atoms with Crippen molar-refractivity contribution in [3.05, 3.63) is 78.6 Å². The van der Waals surface area contributed by atoms with Gasteiger partial charge >= 0.3 is 0 Å². The maximum Gasteiger partial charge on any atom is 0.266 e. The molecule has 1 aliphatic carbocycles. The van der Waals surface area contributed by atoms with E-state index < -0.39 is 5.60 Å². The second-order valence-electron chi connectivity index (χ2n) is 12.6. The van der Waals surface area contributed by atoms with Crippen LogP contribution >= 0.6 is 0 Å². The Balaban J connectivity index is 1.10. The molecule has 0 bridgehead atoms. The Bertz CT molecular complexity index is 1400. The highest BCUT2D eigenvalue weighted by molar-refractivity contribution is 5.85. The first kappa shape index (κ1) is 29.2. The summed E-state index contributed by atoms with van der Waals surface area (Å²) in [5.41, 5.74) is 3.45. The molecule has 3 aromatic rings. The first-order valence-electron chi connectivity index (χ1n) is 15.7. The van der Waals surface area contributed by atoms with Crippen molar-refractivity contribution in [3.8, 4) is 16.9 Å². The number of hydrogen-bond donors (Lipinski definition) is 1. The molecule has 1 unspecified atom stereocenters. The van der Waals surface area contributed by atoms with Crippen LogP contribution in [0.3, 0.4) is 0 Å². The predicted molar refractivity (Wildman–Crippen MR) is 169 cm³/mol. The van der Waals surface area contributed by atoms with Gasteiger partial charge < -0.3 is 24.8 Å². The highest BCUT2D eigenvalue weighted by atomic mass is 16.5. The summed E-state index contributed by atoms with van der Waals surface area (Å²) >= 11 is 0. The monoisotopic (exact) mass is 581 g/mol. The van der Waals surface area contributed by atoms with E-state index in [1.54, 1.807) is 6.20 Å². The standard InChI is InChI=1S/C35H43N5O3/c1-35(2,34(42)38-20-17-36-18-21-38)43-32-9-3-8-31(22-32)39-19-5-7-29(25-39)33(41)40(30-14-15-30)24-26-10-12-27(13-11-26)28-6-4-16-37-23-28/h3-4,6,8-13,16,22-23,29-30,36H,5,7,14-15,17-21,24-25H2,1-2H3. The molecule has 1 N–H and O–H groups in total. The zero-order valence-corrected chi connectivity index (χ0v) is 25.4. The van der Waals surface area contributed by atoms with Crippen molar-refractivity contribution in [1.82, 2.24) is 20.1 Å². The number of carbonyl (C=O) groups is 2. The zero-order valence-electron chi connectivity index (χ0n) is 25.4. The third-order valence-corrected chi connectivity index (χ3v) is 8.82. The Morgan fingerprint density at radius 1 is 0.977 bits per heavy atom. The summed E-state index contributed by atoms with van der Waals surface area (Å²) in [6.45, 7) is 8.94. The van der Waals surface area contributed by atoms with E-state index in [0.29, 0.717) is 38.0 Å². The minimum absolute atomic E-state index is 0.00918. The van der Waals surface area contributed by atoms with Crippen molar-refractivity contribution < 1.29 is 14.3 Å². The van der Waals surface area contributed by atoms with Crippen LogP contribution in [0.4, 0.5) is 5.69 Å². The van der Waals surface area contributed by atoms with E-state index in [1.807, 2.05) is 49.2 Å². The second-order valence-corrected chi connectivity index (χ2v) is 12.6. The molecular formula is C35H43N5O3. The maximum atomic E-state index is 13.9. The number of pyridine rings is 1. The van der Waals surface area contributed by atoms with Crippen LogP contribution in [0.1, 0.15) is 45.1 Å². The number of aromatic nitrogens is 1. The van der Waals surface area contributed by atoms with E-state index in [9.17, 15) is 9.59 Å². The molecule has 2 saturated heterocycles. The Hall–Kier alpha value is -3.91. The Labute approximate surface area is 255 Å². The van der Waals surface area contributed by atoms with E-state index in [2.05, 4.69) is 56.5 Å². The SMILES string of the molecule is CC(C)(Oc1cccc(N2CCCC(C(=O)N(Cc3ccc(-c4cccnc4)cc3)C3CC3)C2)c1)C(=O)N1CCNCC1. The third kappa shape index (κ3) is 7.02. The lowest BCUT2D eigenvalue weighted by Crippen LogP contribution is -2.54. The third-order valence-electron chi connectivity index (χ3n) is 8.82. The number of carbonyl (C=O) groups excluding carboxylic acids is 2. The molecule has 6 rings (SSSR count). The normalized spacial score (nSPS) is 19.2. The zero-order chi connectivity index (χ0) is 29.8. The van der Waals surface area contributed by atoms with E-state index in [4.69, 9.17) is 4.74 Å². The molecule has 3 fully saturated rings. The van der Waals surface area contributed by atoms with Crippen molar-refractivity contribution in [3.63, 3.8) is 0 Å². The van der Waals surface area contributed by atoms with Crippen molar-refractivity contribution >= 4 is 17.5 Å². The van der Waals surface area contributed by atoms with E-state index >= 15 is 0 Å². The van der Waals surface area contributed by atoms with Gasteiger partial charge in [0.15, 0.2) is 5.60 Å². The number of piperazine rings is 1. The fraction of sp³-hybridized carbons (Fsp3) is 0.457. The van der Waals surface area contributed by atoms with Gasteiger partial charge in [-0.05, 0) is 74.4 Å². The first-order valence-corrected chi connectivity index (χ1v) is 15.7. The summed E-state index contributed by atoms with van der Waals surface area (Å²) in [6.07, 6.45) is 7.69. The van der Waals surface area contributed by atoms with Crippen molar-refractivity contribution in [2.45, 2.75) is 57.7 Å². The smallest absolute Gasteiger partial charge is 0.266 e. The van der Waals surface area contributed by atoms with Gasteiger partial charge in [0.25, 0.3) is 5.91 Å². The van der Waals surface area contributed by atoms with E-state index in [1.165, 1.54) is 0 Å². The highest BCUT2D eigenvalue weighted by Gasteiger charge is 2.38. The van der Waals surface area contributed by atoms with Gasteiger partial charge in [-0.3, -0.25) is 14.6 Å². The molecule has 43 heavy (non-hydrogen) atoms. The Kier molecular flexibility index (Phi) is 8.66. The van der Waals surface area contributed by atoms with Gasteiger partial charge in [-0.1, -0.05) is 36.4 Å². The average Bonchev–Trinajstić information content (AvgIpc) is 3.90. The minimum Gasteiger partial charge on any atom is -0.478 e. The van der Waals surface area contributed by atoms with Gasteiger partial charge in [0.05, 0.1) is 5.92 Å². The van der Waals surface area contributed by atoms with Gasteiger partial charge in [-0.15, -0.1) is 0 Å². The van der Waals surface area contributed by atoms with E-state index in [-0.39, 0.29) is 17.7 Å². The number of anilines is 1. The highest BCUT2D eigenvalue weighted by Crippen LogP contribution is 2.34. The molecule has 0 radical (unpaired) electrons. The number of piperidine rings is 1. The quantitative estimate of drug-likeness (QED) is 0.393. The first-order chi connectivity index (χ1) is 20.9. The summed E-state index contributed by atoms with van der Waals surface area (Å²) < 4.78 is 6.29. The van der Waals surface area contributed by atoms with Crippen LogP contribution in [0.25, 0.3) is 11.1 Å². The van der Waals surface area contributed by atoms with Gasteiger partial charge in [-0.25, -0.2) is 0 Å². The molecule has 1 aromatic heterocycles. The topological polar surface area (TPSA) is 78.0 Å². The molecule has 226 valence electrons. The molecule has 3 heterocycles. The molecule has 1 saturated carbocycles. The Morgan fingerprint density at radius 2 is 1.77 bits per heavy atom. The summed E-state index contributed by atoms with van der Waals surface area (Å²) in [6, 6.07) is 20.9. The van der Waals surface area contributed by atoms with Crippen molar-refractivity contribution in [1.29, 1.82) is 0 Å². The number of nitrogens with zero attached hydrogens (tertiary/aromatic N) is 4. The molecule has 8 heteroatoms. The number of benzene rings is 2. The van der Waals surface area contributed by atoms with Gasteiger partial charge in [0.2, 0.25) is 5.91 Å². The number of hydrogen-bond acceptors (Lipinski definition) is 6. The van der Waals surface area contributed by atoms with Gasteiger partial charge in [0, 0.05) is 76.0 Å². The van der Waals surface area contributed by atoms with Crippen LogP contribution in [0.15, 0.2) is 73.1 Å². The predicted octanol–water partition coefficient (Wildman–Crippen LogP) is 4.75. The maximum absolute atomic E-state index is 13.9. The molecule has 2 aromatic carbocycles. The van der Waals surface area contributed by atoms with Crippen LogP contribution in [0, 0.1) is 5.92 Å². The average molecular weight is 582 g/mol. The summed E-state index contributed by atoms with van der Waals surface area (Å²) in [4.78, 5) is 37.7. The molecule has 1 atom stereocenters. The van der Waals surface area contributed by atoms with Crippen LogP contribution in [0.5, 0.6) is 5.75 Å². The largest absolute Gasteiger partial charge is 0.478 e. The lowest BCUT2D eigenvalue weighted by Gasteiger charge is -2.37. The van der Waals surface area contributed by atoms with Crippen LogP contribution in [-0.4, -0.2) is 77.5 Å². The second kappa shape index (κ2) is 12.8. The van der Waals surface area contributed by atoms with Crippen LogP contribution < -0.4 is 15.0 Å². The molecule has 0 spiro atoms. The molecule has 3 aliphatic rings. The van der Waals surface area contributed by atoms with Gasteiger partial charge in [-0.2, -0.15) is 0 Å². The van der Waals surface area contributed by atoms with Gasteiger partial charge in [0.1, 0.15) is 5.75 Å². The molecular weight excluding hydrogens is 538 g/mol. The van der Waals surface area contributed by atoms with Crippen molar-refractivity contribution in [2.24, 2.45) is 5.92 Å². The number of amides is 2. The molecule has 2 aliphatic heterocycles. The van der Waals surface area contributed by atoms with Crippen LogP contribution in [-0.2, 0) is 16.1 Å². The summed E-state index contributed by atoms with van der Waals surface area (Å²) in [5, 5.41) is 3.29. The Morgan fingerprint density at radius 3 is 2.49 bits per heavy atom. The lowest BCUT2D eigenvalue weighted by atomic mass is 9.95. The summed E-state index contributed by atoms with van der Waals surface area (Å²) in [7, 11) is 0. The minimum atomic E-state index is -0.961. The number of rotatable bonds is 9. The fourth-order valence-electron chi connectivity index (χ4n) is 6.28. The lowest BCUT2D eigenvalue weighted by molar-refractivity contribution is -0.146.